The Bertz CT molecular complexity index is 797. The van der Waals surface area contributed by atoms with Gasteiger partial charge in [0.1, 0.15) is 5.82 Å². The highest BCUT2D eigenvalue weighted by Crippen LogP contribution is 2.36. The number of nitrogens with one attached hydrogen (secondary N) is 1. The van der Waals surface area contributed by atoms with Gasteiger partial charge in [-0.3, -0.25) is 0 Å². The van der Waals surface area contributed by atoms with Crippen LogP contribution in [0, 0.1) is 12.7 Å². The monoisotopic (exact) mass is 363 g/mol. The van der Waals surface area contributed by atoms with Crippen LogP contribution in [0.5, 0.6) is 0 Å². The number of hydrogen-bond acceptors (Lipinski definition) is 2. The third kappa shape index (κ3) is 2.83. The average molecular weight is 364 g/mol. The average Bonchev–Trinajstić information content (AvgIpc) is 2.81. The van der Waals surface area contributed by atoms with E-state index in [0.717, 1.165) is 4.47 Å². The second-order valence-electron chi connectivity index (χ2n) is 5.08. The fourth-order valence-electron chi connectivity index (χ4n) is 2.51. The smallest absolute Gasteiger partial charge is 0.146 e. The van der Waals surface area contributed by atoms with Crippen LogP contribution in [0.15, 0.2) is 46.9 Å². The van der Waals surface area contributed by atoms with Gasteiger partial charge in [-0.05, 0) is 49.1 Å². The van der Waals surface area contributed by atoms with Crippen molar-refractivity contribution in [1.82, 2.24) is 0 Å². The van der Waals surface area contributed by atoms with Crippen molar-refractivity contribution in [2.45, 2.75) is 19.9 Å². The molecule has 0 amide bonds. The molecule has 1 unspecified atom stereocenters. The molecule has 0 bridgehead atoms. The predicted octanol–water partition coefficient (Wildman–Crippen LogP) is 6.28. The number of rotatable bonds is 3. The maximum Gasteiger partial charge on any atom is 0.146 e. The van der Waals surface area contributed by atoms with Crippen molar-refractivity contribution < 1.29 is 4.39 Å². The molecule has 1 nitrogen and oxygen atoms in total. The minimum Gasteiger partial charge on any atom is -0.375 e. The van der Waals surface area contributed by atoms with Gasteiger partial charge in [0.25, 0.3) is 0 Å². The van der Waals surface area contributed by atoms with Crippen molar-refractivity contribution in [3.8, 4) is 0 Å². The van der Waals surface area contributed by atoms with Crippen LogP contribution < -0.4 is 5.32 Å². The van der Waals surface area contributed by atoms with Crippen molar-refractivity contribution in [2.24, 2.45) is 0 Å². The number of benzene rings is 2. The third-order valence-corrected chi connectivity index (χ3v) is 5.52. The first-order valence-electron chi connectivity index (χ1n) is 6.76. The van der Waals surface area contributed by atoms with Crippen LogP contribution in [0.2, 0.25) is 0 Å². The van der Waals surface area contributed by atoms with Crippen LogP contribution in [0.25, 0.3) is 10.1 Å². The van der Waals surface area contributed by atoms with Gasteiger partial charge in [0.2, 0.25) is 0 Å². The summed E-state index contributed by atoms with van der Waals surface area (Å²) < 4.78 is 16.0. The number of thiophene rings is 1. The molecule has 0 spiro atoms. The third-order valence-electron chi connectivity index (χ3n) is 3.57. The lowest BCUT2D eigenvalue weighted by Crippen LogP contribution is -2.07. The molecule has 0 fully saturated rings. The summed E-state index contributed by atoms with van der Waals surface area (Å²) in [6.07, 6.45) is 0. The summed E-state index contributed by atoms with van der Waals surface area (Å²) in [6.45, 7) is 4.20. The molecule has 0 saturated carbocycles. The van der Waals surface area contributed by atoms with E-state index in [1.807, 2.05) is 6.07 Å². The van der Waals surface area contributed by atoms with E-state index in [0.29, 0.717) is 5.69 Å². The van der Waals surface area contributed by atoms with E-state index in [2.05, 4.69) is 53.3 Å². The summed E-state index contributed by atoms with van der Waals surface area (Å²) in [6, 6.07) is 13.4. The zero-order chi connectivity index (χ0) is 15.0. The van der Waals surface area contributed by atoms with Gasteiger partial charge in [0.15, 0.2) is 0 Å². The molecule has 108 valence electrons. The predicted molar refractivity (Wildman–Crippen MR) is 92.7 cm³/mol. The molecule has 1 atom stereocenters. The molecule has 2 aromatic carbocycles. The van der Waals surface area contributed by atoms with E-state index in [-0.39, 0.29) is 11.9 Å². The molecule has 3 rings (SSSR count). The fraction of sp³-hybridized carbons (Fsp3) is 0.176. The molecule has 1 heterocycles. The first kappa shape index (κ1) is 14.5. The lowest BCUT2D eigenvalue weighted by molar-refractivity contribution is 0.627. The van der Waals surface area contributed by atoms with Gasteiger partial charge in [-0.2, -0.15) is 0 Å². The Balaban J connectivity index is 1.95. The molecule has 1 aromatic heterocycles. The minimum atomic E-state index is -0.233. The van der Waals surface area contributed by atoms with Crippen LogP contribution in [0.4, 0.5) is 10.1 Å². The van der Waals surface area contributed by atoms with Crippen LogP contribution in [-0.2, 0) is 0 Å². The Hall–Kier alpha value is -1.39. The van der Waals surface area contributed by atoms with E-state index >= 15 is 0 Å². The van der Waals surface area contributed by atoms with E-state index in [9.17, 15) is 4.39 Å². The molecule has 0 radical (unpaired) electrons. The molecular weight excluding hydrogens is 349 g/mol. The number of anilines is 1. The fourth-order valence-corrected chi connectivity index (χ4v) is 4.09. The SMILES string of the molecule is Cc1c(C(C)Nc2cc(Br)ccc2F)sc2ccccc12. The van der Waals surface area contributed by atoms with E-state index in [4.69, 9.17) is 0 Å². The number of halogens is 2. The molecule has 0 aliphatic rings. The van der Waals surface area contributed by atoms with Crippen molar-refractivity contribution in [3.05, 3.63) is 63.2 Å². The zero-order valence-electron chi connectivity index (χ0n) is 11.8. The second-order valence-corrected chi connectivity index (χ2v) is 7.08. The Morgan fingerprint density at radius 3 is 2.71 bits per heavy atom. The second kappa shape index (κ2) is 5.78. The van der Waals surface area contributed by atoms with Gasteiger partial charge in [-0.15, -0.1) is 11.3 Å². The molecule has 3 aromatic rings. The molecule has 0 aliphatic carbocycles. The van der Waals surface area contributed by atoms with Crippen LogP contribution in [0.1, 0.15) is 23.4 Å². The van der Waals surface area contributed by atoms with Crippen molar-refractivity contribution >= 4 is 43.0 Å². The summed E-state index contributed by atoms with van der Waals surface area (Å²) in [7, 11) is 0. The maximum absolute atomic E-state index is 13.9. The van der Waals surface area contributed by atoms with Crippen molar-refractivity contribution in [2.75, 3.05) is 5.32 Å². The first-order chi connectivity index (χ1) is 10.1. The van der Waals surface area contributed by atoms with Gasteiger partial charge in [-0.25, -0.2) is 4.39 Å². The highest BCUT2D eigenvalue weighted by Gasteiger charge is 2.15. The van der Waals surface area contributed by atoms with Crippen molar-refractivity contribution in [3.63, 3.8) is 0 Å². The van der Waals surface area contributed by atoms with Gasteiger partial charge in [0.05, 0.1) is 11.7 Å². The first-order valence-corrected chi connectivity index (χ1v) is 8.37. The lowest BCUT2D eigenvalue weighted by Gasteiger charge is -2.16. The van der Waals surface area contributed by atoms with Crippen LogP contribution in [-0.4, -0.2) is 0 Å². The van der Waals surface area contributed by atoms with Crippen molar-refractivity contribution in [1.29, 1.82) is 0 Å². The van der Waals surface area contributed by atoms with E-state index in [1.165, 1.54) is 26.6 Å². The maximum atomic E-state index is 13.9. The van der Waals surface area contributed by atoms with Gasteiger partial charge in [-0.1, -0.05) is 34.1 Å². The van der Waals surface area contributed by atoms with Gasteiger partial charge in [0, 0.05) is 14.0 Å². The molecule has 1 N–H and O–H groups in total. The summed E-state index contributed by atoms with van der Waals surface area (Å²) in [5.74, 6) is -0.233. The van der Waals surface area contributed by atoms with E-state index < -0.39 is 0 Å². The number of fused-ring (bicyclic) bond motifs is 1. The largest absolute Gasteiger partial charge is 0.375 e. The summed E-state index contributed by atoms with van der Waals surface area (Å²) in [4.78, 5) is 1.25. The molecule has 0 aliphatic heterocycles. The highest BCUT2D eigenvalue weighted by molar-refractivity contribution is 9.10. The summed E-state index contributed by atoms with van der Waals surface area (Å²) >= 11 is 5.15. The highest BCUT2D eigenvalue weighted by atomic mass is 79.9. The topological polar surface area (TPSA) is 12.0 Å². The Labute approximate surface area is 135 Å². The van der Waals surface area contributed by atoms with Gasteiger partial charge >= 0.3 is 0 Å². The Morgan fingerprint density at radius 2 is 1.95 bits per heavy atom. The number of hydrogen-bond donors (Lipinski definition) is 1. The normalized spacial score (nSPS) is 12.6. The minimum absolute atomic E-state index is 0.0613. The Morgan fingerprint density at radius 1 is 1.19 bits per heavy atom. The summed E-state index contributed by atoms with van der Waals surface area (Å²) in [5, 5.41) is 4.55. The van der Waals surface area contributed by atoms with Crippen LogP contribution in [0.3, 0.4) is 0 Å². The standard InChI is InChI=1S/C17H15BrFNS/c1-10-13-5-3-4-6-16(13)21-17(10)11(2)20-15-9-12(18)7-8-14(15)19/h3-9,11,20H,1-2H3. The molecule has 21 heavy (non-hydrogen) atoms. The molecule has 0 saturated heterocycles. The molecular formula is C17H15BrFNS. The Kier molecular flexibility index (Phi) is 4.00. The molecule has 4 heteroatoms. The number of aryl methyl sites for hydroxylation is 1. The lowest BCUT2D eigenvalue weighted by atomic mass is 10.1. The quantitative estimate of drug-likeness (QED) is 0.576. The van der Waals surface area contributed by atoms with E-state index in [1.54, 1.807) is 23.5 Å². The van der Waals surface area contributed by atoms with Crippen LogP contribution >= 0.6 is 27.3 Å². The summed E-state index contributed by atoms with van der Waals surface area (Å²) in [5.41, 5.74) is 1.79. The zero-order valence-corrected chi connectivity index (χ0v) is 14.2. The van der Waals surface area contributed by atoms with Gasteiger partial charge < -0.3 is 5.32 Å².